The fraction of sp³-hybridized carbons (Fsp3) is 0.500. The van der Waals surface area contributed by atoms with E-state index >= 15 is 0 Å². The predicted molar refractivity (Wildman–Crippen MR) is 64.7 cm³/mol. The average Bonchev–Trinajstić information content (AvgIpc) is 2.61. The van der Waals surface area contributed by atoms with Crippen molar-refractivity contribution in [3.63, 3.8) is 0 Å². The van der Waals surface area contributed by atoms with E-state index in [-0.39, 0.29) is 5.91 Å². The van der Waals surface area contributed by atoms with E-state index in [2.05, 4.69) is 24.3 Å². The Morgan fingerprint density at radius 3 is 2.94 bits per heavy atom. The van der Waals surface area contributed by atoms with E-state index in [0.717, 1.165) is 18.5 Å². The summed E-state index contributed by atoms with van der Waals surface area (Å²) >= 11 is 0. The second-order valence-electron chi connectivity index (χ2n) is 4.25. The highest BCUT2D eigenvalue weighted by Crippen LogP contribution is 1.99. The largest absolute Gasteiger partial charge is 0.353 e. The van der Waals surface area contributed by atoms with Crippen LogP contribution in [0.15, 0.2) is 18.5 Å². The molecule has 0 fully saturated rings. The van der Waals surface area contributed by atoms with Gasteiger partial charge in [0, 0.05) is 31.4 Å². The van der Waals surface area contributed by atoms with Crippen LogP contribution in [0, 0.1) is 5.92 Å². The molecule has 1 N–H and O–H groups in total. The summed E-state index contributed by atoms with van der Waals surface area (Å²) in [5.41, 5.74) is 0.932. The molecule has 16 heavy (non-hydrogen) atoms. The Morgan fingerprint density at radius 2 is 2.38 bits per heavy atom. The summed E-state index contributed by atoms with van der Waals surface area (Å²) in [4.78, 5) is 11.4. The van der Waals surface area contributed by atoms with E-state index in [4.69, 9.17) is 0 Å². The molecule has 0 radical (unpaired) electrons. The van der Waals surface area contributed by atoms with E-state index in [1.54, 1.807) is 17.0 Å². The number of amides is 1. The van der Waals surface area contributed by atoms with E-state index in [1.807, 2.05) is 13.2 Å². The Hall–Kier alpha value is -1.58. The van der Waals surface area contributed by atoms with Crippen LogP contribution in [0.25, 0.3) is 6.08 Å². The lowest BCUT2D eigenvalue weighted by molar-refractivity contribution is -0.116. The predicted octanol–water partition coefficient (Wildman–Crippen LogP) is 1.60. The Balaban J connectivity index is 2.31. The van der Waals surface area contributed by atoms with Gasteiger partial charge in [-0.3, -0.25) is 9.48 Å². The second-order valence-corrected chi connectivity index (χ2v) is 4.25. The first-order valence-corrected chi connectivity index (χ1v) is 5.52. The van der Waals surface area contributed by atoms with Crippen molar-refractivity contribution in [1.29, 1.82) is 0 Å². The number of carbonyl (C=O) groups excluding carboxylic acids is 1. The van der Waals surface area contributed by atoms with Crippen molar-refractivity contribution in [2.24, 2.45) is 13.0 Å². The van der Waals surface area contributed by atoms with Crippen molar-refractivity contribution >= 4 is 12.0 Å². The molecule has 0 saturated heterocycles. The minimum atomic E-state index is -0.0514. The molecule has 0 aromatic carbocycles. The molecule has 0 spiro atoms. The quantitative estimate of drug-likeness (QED) is 0.768. The first-order chi connectivity index (χ1) is 7.58. The molecule has 0 saturated carbocycles. The summed E-state index contributed by atoms with van der Waals surface area (Å²) < 4.78 is 1.70. The number of rotatable bonds is 5. The molecule has 0 bridgehead atoms. The molecule has 1 aromatic heterocycles. The molecular formula is C12H19N3O. The number of hydrogen-bond donors (Lipinski definition) is 1. The van der Waals surface area contributed by atoms with Crippen LogP contribution in [0.3, 0.4) is 0 Å². The zero-order valence-corrected chi connectivity index (χ0v) is 10.1. The van der Waals surface area contributed by atoms with Gasteiger partial charge in [0.15, 0.2) is 0 Å². The number of aromatic nitrogens is 2. The molecule has 1 aromatic rings. The van der Waals surface area contributed by atoms with Gasteiger partial charge in [-0.25, -0.2) is 0 Å². The molecule has 1 amide bonds. The normalized spacial score (nSPS) is 11.2. The van der Waals surface area contributed by atoms with Gasteiger partial charge in [0.05, 0.1) is 6.20 Å². The molecule has 1 heterocycles. The van der Waals surface area contributed by atoms with Crippen molar-refractivity contribution in [3.8, 4) is 0 Å². The molecule has 4 heteroatoms. The van der Waals surface area contributed by atoms with Gasteiger partial charge in [0.25, 0.3) is 0 Å². The topological polar surface area (TPSA) is 46.9 Å². The molecule has 1 rings (SSSR count). The average molecular weight is 221 g/mol. The smallest absolute Gasteiger partial charge is 0.244 e. The number of hydrogen-bond acceptors (Lipinski definition) is 2. The monoisotopic (exact) mass is 221 g/mol. The van der Waals surface area contributed by atoms with Crippen LogP contribution in [0.2, 0.25) is 0 Å². The zero-order valence-electron chi connectivity index (χ0n) is 10.1. The standard InChI is InChI=1S/C12H19N3O/c1-10(2)6-7-13-12(16)5-4-11-8-14-15(3)9-11/h4-5,8-10H,6-7H2,1-3H3,(H,13,16)/b5-4+. The Morgan fingerprint density at radius 1 is 1.62 bits per heavy atom. The summed E-state index contributed by atoms with van der Waals surface area (Å²) in [5, 5.41) is 6.85. The number of carbonyl (C=O) groups is 1. The van der Waals surface area contributed by atoms with Crippen molar-refractivity contribution in [1.82, 2.24) is 15.1 Å². The Kier molecular flexibility index (Phi) is 4.76. The van der Waals surface area contributed by atoms with Crippen LogP contribution < -0.4 is 5.32 Å². The lowest BCUT2D eigenvalue weighted by Crippen LogP contribution is -2.23. The van der Waals surface area contributed by atoms with E-state index < -0.39 is 0 Å². The third-order valence-electron chi connectivity index (χ3n) is 2.17. The van der Waals surface area contributed by atoms with Crippen molar-refractivity contribution < 1.29 is 4.79 Å². The molecule has 88 valence electrons. The fourth-order valence-corrected chi connectivity index (χ4v) is 1.24. The first-order valence-electron chi connectivity index (χ1n) is 5.52. The summed E-state index contributed by atoms with van der Waals surface area (Å²) in [6, 6.07) is 0. The van der Waals surface area contributed by atoms with Gasteiger partial charge >= 0.3 is 0 Å². The van der Waals surface area contributed by atoms with Gasteiger partial charge in [-0.1, -0.05) is 13.8 Å². The molecular weight excluding hydrogens is 202 g/mol. The number of nitrogens with one attached hydrogen (secondary N) is 1. The van der Waals surface area contributed by atoms with Crippen molar-refractivity contribution in [2.45, 2.75) is 20.3 Å². The van der Waals surface area contributed by atoms with Gasteiger partial charge in [-0.2, -0.15) is 5.10 Å². The van der Waals surface area contributed by atoms with Gasteiger partial charge in [-0.15, -0.1) is 0 Å². The van der Waals surface area contributed by atoms with E-state index in [1.165, 1.54) is 6.08 Å². The fourth-order valence-electron chi connectivity index (χ4n) is 1.24. The third-order valence-corrected chi connectivity index (χ3v) is 2.17. The lowest BCUT2D eigenvalue weighted by atomic mass is 10.1. The van der Waals surface area contributed by atoms with Crippen molar-refractivity contribution in [2.75, 3.05) is 6.54 Å². The van der Waals surface area contributed by atoms with Crippen LogP contribution >= 0.6 is 0 Å². The summed E-state index contributed by atoms with van der Waals surface area (Å²) in [6.07, 6.45) is 7.89. The van der Waals surface area contributed by atoms with Gasteiger partial charge < -0.3 is 5.32 Å². The zero-order chi connectivity index (χ0) is 12.0. The van der Waals surface area contributed by atoms with Gasteiger partial charge in [0.2, 0.25) is 5.91 Å². The molecule has 0 unspecified atom stereocenters. The number of aryl methyl sites for hydroxylation is 1. The van der Waals surface area contributed by atoms with Crippen LogP contribution in [-0.2, 0) is 11.8 Å². The van der Waals surface area contributed by atoms with Crippen LogP contribution in [0.1, 0.15) is 25.8 Å². The van der Waals surface area contributed by atoms with E-state index in [0.29, 0.717) is 5.92 Å². The summed E-state index contributed by atoms with van der Waals surface area (Å²) in [7, 11) is 1.85. The number of nitrogens with zero attached hydrogens (tertiary/aromatic N) is 2. The summed E-state index contributed by atoms with van der Waals surface area (Å²) in [5.74, 6) is 0.562. The molecule has 4 nitrogen and oxygen atoms in total. The molecule has 0 aliphatic heterocycles. The van der Waals surface area contributed by atoms with Gasteiger partial charge in [-0.05, 0) is 18.4 Å². The molecule has 0 aliphatic carbocycles. The lowest BCUT2D eigenvalue weighted by Gasteiger charge is -2.04. The summed E-state index contributed by atoms with van der Waals surface area (Å²) in [6.45, 7) is 5.00. The SMILES string of the molecule is CC(C)CCNC(=O)/C=C/c1cnn(C)c1. The first kappa shape index (κ1) is 12.5. The van der Waals surface area contributed by atoms with Crippen LogP contribution in [-0.4, -0.2) is 22.2 Å². The van der Waals surface area contributed by atoms with Crippen LogP contribution in [0.4, 0.5) is 0 Å². The van der Waals surface area contributed by atoms with Crippen LogP contribution in [0.5, 0.6) is 0 Å². The maximum absolute atomic E-state index is 11.4. The minimum Gasteiger partial charge on any atom is -0.353 e. The minimum absolute atomic E-state index is 0.0514. The highest BCUT2D eigenvalue weighted by molar-refractivity contribution is 5.91. The van der Waals surface area contributed by atoms with Gasteiger partial charge in [0.1, 0.15) is 0 Å². The Bertz CT molecular complexity index is 366. The maximum Gasteiger partial charge on any atom is 0.244 e. The third kappa shape index (κ3) is 4.77. The Labute approximate surface area is 96.3 Å². The molecule has 0 atom stereocenters. The highest BCUT2D eigenvalue weighted by Gasteiger charge is 1.97. The van der Waals surface area contributed by atoms with Crippen molar-refractivity contribution in [3.05, 3.63) is 24.0 Å². The molecule has 0 aliphatic rings. The second kappa shape index (κ2) is 6.10. The van der Waals surface area contributed by atoms with E-state index in [9.17, 15) is 4.79 Å². The maximum atomic E-state index is 11.4. The highest BCUT2D eigenvalue weighted by atomic mass is 16.1.